The Bertz CT molecular complexity index is 1370. The van der Waals surface area contributed by atoms with Crippen LogP contribution in [0.15, 0.2) is 46.5 Å². The van der Waals surface area contributed by atoms with E-state index in [1.165, 1.54) is 24.0 Å². The predicted molar refractivity (Wildman–Crippen MR) is 134 cm³/mol. The second-order valence-electron chi connectivity index (χ2n) is 8.22. The first-order valence-electron chi connectivity index (χ1n) is 10.8. The minimum Gasteiger partial charge on any atom is -0.494 e. The van der Waals surface area contributed by atoms with Crippen molar-refractivity contribution < 1.29 is 27.8 Å². The van der Waals surface area contributed by atoms with Crippen molar-refractivity contribution in [2.75, 3.05) is 26.5 Å². The van der Waals surface area contributed by atoms with Crippen molar-refractivity contribution in [1.29, 1.82) is 0 Å². The molecular weight excluding hydrogens is 492 g/mol. The van der Waals surface area contributed by atoms with Crippen molar-refractivity contribution in [3.8, 4) is 17.2 Å². The molecule has 2 unspecified atom stereocenters. The number of ether oxygens (including phenoxy) is 2. The zero-order valence-corrected chi connectivity index (χ0v) is 21.1. The molecule has 10 nitrogen and oxygen atoms in total. The van der Waals surface area contributed by atoms with Gasteiger partial charge in [-0.3, -0.25) is 9.79 Å². The van der Waals surface area contributed by atoms with Crippen molar-refractivity contribution in [2.45, 2.75) is 29.7 Å². The van der Waals surface area contributed by atoms with Crippen LogP contribution in [0.1, 0.15) is 19.0 Å². The number of nitrogens with one attached hydrogen (secondary N) is 2. The van der Waals surface area contributed by atoms with Crippen LogP contribution in [0.25, 0.3) is 10.9 Å². The van der Waals surface area contributed by atoms with Crippen LogP contribution in [0, 0.1) is 0 Å². The smallest absolute Gasteiger partial charge is 0.221 e. The molecule has 0 radical (unpaired) electrons. The molecule has 0 saturated carbocycles. The van der Waals surface area contributed by atoms with Crippen LogP contribution in [0.2, 0.25) is 0 Å². The van der Waals surface area contributed by atoms with Crippen LogP contribution in [-0.4, -0.2) is 72.3 Å². The first kappa shape index (κ1) is 25.0. The fourth-order valence-corrected chi connectivity index (χ4v) is 5.16. The number of nitrogens with zero attached hydrogens (tertiary/aromatic N) is 2. The Hall–Kier alpha value is -3.09. The van der Waals surface area contributed by atoms with E-state index < -0.39 is 15.9 Å². The van der Waals surface area contributed by atoms with Crippen LogP contribution in [0.3, 0.4) is 0 Å². The van der Waals surface area contributed by atoms with Crippen molar-refractivity contribution >= 4 is 43.5 Å². The molecule has 0 spiro atoms. The zero-order chi connectivity index (χ0) is 25.2. The van der Waals surface area contributed by atoms with E-state index in [-0.39, 0.29) is 22.7 Å². The molecule has 0 bridgehead atoms. The molecule has 3 heterocycles. The number of carbonyl (C=O) groups is 1. The molecule has 12 heteroatoms. The number of benzene rings is 1. The Labute approximate surface area is 207 Å². The van der Waals surface area contributed by atoms with Gasteiger partial charge in [0, 0.05) is 35.9 Å². The Balaban J connectivity index is 1.49. The number of aromatic nitrogens is 2. The summed E-state index contributed by atoms with van der Waals surface area (Å²) in [6.07, 6.45) is 2.19. The van der Waals surface area contributed by atoms with Crippen LogP contribution in [0.5, 0.6) is 17.2 Å². The normalized spacial score (nSPS) is 16.7. The molecule has 3 aromatic rings. The fraction of sp³-hybridized carbons (Fsp3) is 0.348. The topological polar surface area (TPSA) is 143 Å². The van der Waals surface area contributed by atoms with Gasteiger partial charge >= 0.3 is 0 Å². The first-order valence-corrected chi connectivity index (χ1v) is 13.6. The number of H-pyrrole nitrogens is 1. The number of fused-ring (bicyclic) bond motifs is 1. The van der Waals surface area contributed by atoms with E-state index in [1.807, 2.05) is 12.1 Å². The SMILES string of the molecule is COc1cc(Oc2ccc(S(C)(=O)=O)nc2)cc2cc(C3=NCC(CC(=O)NCC(C)O)S3)[nH]c12. The van der Waals surface area contributed by atoms with Crippen molar-refractivity contribution in [2.24, 2.45) is 4.99 Å². The number of rotatable bonds is 9. The van der Waals surface area contributed by atoms with Gasteiger partial charge in [0.15, 0.2) is 14.9 Å². The molecule has 0 fully saturated rings. The lowest BCUT2D eigenvalue weighted by molar-refractivity contribution is -0.121. The highest BCUT2D eigenvalue weighted by Gasteiger charge is 2.25. The molecule has 186 valence electrons. The van der Waals surface area contributed by atoms with Crippen LogP contribution < -0.4 is 14.8 Å². The van der Waals surface area contributed by atoms with E-state index in [2.05, 4.69) is 20.3 Å². The summed E-state index contributed by atoms with van der Waals surface area (Å²) in [7, 11) is -1.83. The number of amides is 1. The van der Waals surface area contributed by atoms with Gasteiger partial charge in [-0.25, -0.2) is 13.4 Å². The number of methoxy groups -OCH3 is 1. The summed E-state index contributed by atoms with van der Waals surface area (Å²) in [5.41, 5.74) is 1.59. The second-order valence-corrected chi connectivity index (χ2v) is 11.5. The highest BCUT2D eigenvalue weighted by molar-refractivity contribution is 8.15. The summed E-state index contributed by atoms with van der Waals surface area (Å²) in [5.74, 6) is 1.35. The van der Waals surface area contributed by atoms with Gasteiger partial charge in [0.25, 0.3) is 0 Å². The van der Waals surface area contributed by atoms with Crippen molar-refractivity contribution in [3.05, 3.63) is 42.2 Å². The van der Waals surface area contributed by atoms with Gasteiger partial charge in [-0.2, -0.15) is 0 Å². The summed E-state index contributed by atoms with van der Waals surface area (Å²) in [6.45, 7) is 2.38. The predicted octanol–water partition coefficient (Wildman–Crippen LogP) is 2.52. The lowest BCUT2D eigenvalue weighted by Crippen LogP contribution is -2.32. The maximum atomic E-state index is 12.1. The lowest BCUT2D eigenvalue weighted by Gasteiger charge is -2.10. The summed E-state index contributed by atoms with van der Waals surface area (Å²) in [6, 6.07) is 8.45. The van der Waals surface area contributed by atoms with Crippen LogP contribution >= 0.6 is 11.8 Å². The van der Waals surface area contributed by atoms with E-state index in [0.29, 0.717) is 30.2 Å². The van der Waals surface area contributed by atoms with Gasteiger partial charge in [0.1, 0.15) is 22.3 Å². The molecule has 0 aliphatic carbocycles. The number of thioether (sulfide) groups is 1. The molecule has 0 saturated heterocycles. The molecule has 1 amide bonds. The Morgan fingerprint density at radius 3 is 2.77 bits per heavy atom. The summed E-state index contributed by atoms with van der Waals surface area (Å²) < 4.78 is 34.6. The third kappa shape index (κ3) is 6.13. The minimum absolute atomic E-state index is 0.0219. The average Bonchev–Trinajstić information content (AvgIpc) is 3.44. The van der Waals surface area contributed by atoms with Gasteiger partial charge in [0.05, 0.1) is 37.2 Å². The number of aromatic amines is 1. The van der Waals surface area contributed by atoms with E-state index >= 15 is 0 Å². The zero-order valence-electron chi connectivity index (χ0n) is 19.4. The summed E-state index contributed by atoms with van der Waals surface area (Å²) in [5, 5.41) is 13.7. The highest BCUT2D eigenvalue weighted by Crippen LogP contribution is 2.36. The number of carbonyl (C=O) groups excluding carboxylic acids is 1. The van der Waals surface area contributed by atoms with Crippen LogP contribution in [0.4, 0.5) is 0 Å². The monoisotopic (exact) mass is 518 g/mol. The molecule has 2 atom stereocenters. The number of sulfone groups is 1. The second kappa shape index (κ2) is 10.3. The quantitative estimate of drug-likeness (QED) is 0.392. The maximum absolute atomic E-state index is 12.1. The van der Waals surface area contributed by atoms with Gasteiger partial charge in [0.2, 0.25) is 5.91 Å². The largest absolute Gasteiger partial charge is 0.494 e. The fourth-order valence-electron chi connectivity index (χ4n) is 3.51. The summed E-state index contributed by atoms with van der Waals surface area (Å²) in [4.78, 5) is 23.9. The molecule has 1 aromatic carbocycles. The Morgan fingerprint density at radius 2 is 2.11 bits per heavy atom. The highest BCUT2D eigenvalue weighted by atomic mass is 32.2. The van der Waals surface area contributed by atoms with Crippen molar-refractivity contribution in [1.82, 2.24) is 15.3 Å². The molecule has 1 aliphatic heterocycles. The third-order valence-electron chi connectivity index (χ3n) is 5.17. The number of aliphatic hydroxyl groups is 1. The molecule has 4 rings (SSSR count). The van der Waals surface area contributed by atoms with Gasteiger partial charge in [-0.15, -0.1) is 0 Å². The molecule has 1 aliphatic rings. The molecule has 2 aromatic heterocycles. The first-order chi connectivity index (χ1) is 16.6. The third-order valence-corrected chi connectivity index (χ3v) is 7.39. The Morgan fingerprint density at radius 1 is 1.31 bits per heavy atom. The number of hydrogen-bond acceptors (Lipinski definition) is 9. The average molecular weight is 519 g/mol. The standard InChI is InChI=1S/C23H26N4O6S2/c1-13(28)10-24-20(29)9-17-12-26-23(34-17)18-7-14-6-16(8-19(32-2)22(14)27-18)33-15-4-5-21(25-11-15)35(3,30)31/h4-8,11,13,17,27-28H,9-10,12H2,1-3H3,(H,24,29). The van der Waals surface area contributed by atoms with E-state index in [0.717, 1.165) is 27.9 Å². The van der Waals surface area contributed by atoms with Gasteiger partial charge in [-0.1, -0.05) is 11.8 Å². The van der Waals surface area contributed by atoms with E-state index in [4.69, 9.17) is 9.47 Å². The molecule has 35 heavy (non-hydrogen) atoms. The molecule has 3 N–H and O–H groups in total. The summed E-state index contributed by atoms with van der Waals surface area (Å²) >= 11 is 1.53. The van der Waals surface area contributed by atoms with Gasteiger partial charge < -0.3 is 24.9 Å². The van der Waals surface area contributed by atoms with Crippen LogP contribution in [-0.2, 0) is 14.6 Å². The number of aliphatic hydroxyl groups excluding tert-OH is 1. The van der Waals surface area contributed by atoms with E-state index in [1.54, 1.807) is 26.2 Å². The lowest BCUT2D eigenvalue weighted by atomic mass is 10.2. The molecular formula is C23H26N4O6S2. The maximum Gasteiger partial charge on any atom is 0.221 e. The number of aliphatic imine (C=N–C) groups is 1. The number of hydrogen-bond donors (Lipinski definition) is 3. The Kier molecular flexibility index (Phi) is 7.33. The van der Waals surface area contributed by atoms with Crippen molar-refractivity contribution in [3.63, 3.8) is 0 Å². The number of pyridine rings is 1. The minimum atomic E-state index is -3.39. The van der Waals surface area contributed by atoms with E-state index in [9.17, 15) is 18.3 Å². The van der Waals surface area contributed by atoms with Gasteiger partial charge in [-0.05, 0) is 31.2 Å².